The highest BCUT2D eigenvalue weighted by molar-refractivity contribution is 6.11. The summed E-state index contributed by atoms with van der Waals surface area (Å²) in [6.45, 7) is 5.28. The third-order valence-corrected chi connectivity index (χ3v) is 2.97. The standard InChI is InChI=1S/C14H24N2O4/c1-4-7-11(17)16-14(13(19)20,8-5-6-9-15)12(18)10(2)3/h4,7,10H,5-6,8-9,15H2,1-3H3,(H,16,17)(H,19,20)/t14-/m1/s1. The van der Waals surface area contributed by atoms with Gasteiger partial charge in [0.2, 0.25) is 5.91 Å². The van der Waals surface area contributed by atoms with Gasteiger partial charge in [-0.05, 0) is 38.8 Å². The molecule has 0 saturated heterocycles. The van der Waals surface area contributed by atoms with Crippen LogP contribution in [0.1, 0.15) is 40.0 Å². The predicted octanol–water partition coefficient (Wildman–Crippen LogP) is 0.856. The number of carbonyl (C=O) groups is 3. The first-order valence-electron chi connectivity index (χ1n) is 6.74. The number of allylic oxidation sites excluding steroid dienone is 1. The number of amides is 1. The number of nitrogens with two attached hydrogens (primary N) is 1. The molecule has 0 aliphatic rings. The minimum Gasteiger partial charge on any atom is -0.479 e. The summed E-state index contributed by atoms with van der Waals surface area (Å²) >= 11 is 0. The molecule has 0 heterocycles. The van der Waals surface area contributed by atoms with Crippen molar-refractivity contribution in [1.29, 1.82) is 0 Å². The van der Waals surface area contributed by atoms with Crippen LogP contribution < -0.4 is 11.1 Å². The van der Waals surface area contributed by atoms with Crippen LogP contribution in [0.25, 0.3) is 0 Å². The number of unbranched alkanes of at least 4 members (excludes halogenated alkanes) is 1. The van der Waals surface area contributed by atoms with E-state index in [2.05, 4.69) is 5.32 Å². The second-order valence-electron chi connectivity index (χ2n) is 4.96. The van der Waals surface area contributed by atoms with Crippen molar-refractivity contribution in [1.82, 2.24) is 5.32 Å². The Hall–Kier alpha value is -1.69. The summed E-state index contributed by atoms with van der Waals surface area (Å²) in [5.74, 6) is -2.91. The van der Waals surface area contributed by atoms with Gasteiger partial charge in [-0.2, -0.15) is 0 Å². The number of hydrogen-bond acceptors (Lipinski definition) is 4. The lowest BCUT2D eigenvalue weighted by Gasteiger charge is -2.30. The summed E-state index contributed by atoms with van der Waals surface area (Å²) in [5, 5.41) is 11.8. The van der Waals surface area contributed by atoms with Crippen molar-refractivity contribution in [3.05, 3.63) is 12.2 Å². The van der Waals surface area contributed by atoms with Crippen molar-refractivity contribution in [3.8, 4) is 0 Å². The van der Waals surface area contributed by atoms with E-state index in [4.69, 9.17) is 5.73 Å². The molecular weight excluding hydrogens is 260 g/mol. The third-order valence-electron chi connectivity index (χ3n) is 2.97. The van der Waals surface area contributed by atoms with Crippen molar-refractivity contribution < 1.29 is 19.5 Å². The average molecular weight is 284 g/mol. The Kier molecular flexibility index (Phi) is 7.76. The third kappa shape index (κ3) is 4.77. The summed E-state index contributed by atoms with van der Waals surface area (Å²) in [6, 6.07) is 0. The number of carboxylic acid groups (broad SMARTS) is 1. The van der Waals surface area contributed by atoms with Gasteiger partial charge in [-0.25, -0.2) is 4.79 Å². The first-order valence-corrected chi connectivity index (χ1v) is 6.74. The molecule has 0 bridgehead atoms. The van der Waals surface area contributed by atoms with Crippen molar-refractivity contribution in [2.24, 2.45) is 11.7 Å². The van der Waals surface area contributed by atoms with Gasteiger partial charge < -0.3 is 16.2 Å². The molecule has 0 aromatic carbocycles. The van der Waals surface area contributed by atoms with E-state index >= 15 is 0 Å². The van der Waals surface area contributed by atoms with Gasteiger partial charge in [-0.15, -0.1) is 0 Å². The Labute approximate surface area is 119 Å². The molecule has 0 aliphatic heterocycles. The number of aliphatic carboxylic acids is 1. The minimum atomic E-state index is -1.88. The van der Waals surface area contributed by atoms with Crippen molar-refractivity contribution in [3.63, 3.8) is 0 Å². The van der Waals surface area contributed by atoms with Gasteiger partial charge in [0.1, 0.15) is 0 Å². The molecule has 0 fully saturated rings. The zero-order valence-corrected chi connectivity index (χ0v) is 12.3. The smallest absolute Gasteiger partial charge is 0.337 e. The maximum atomic E-state index is 12.3. The van der Waals surface area contributed by atoms with Gasteiger partial charge in [0.15, 0.2) is 11.3 Å². The lowest BCUT2D eigenvalue weighted by molar-refractivity contribution is -0.154. The molecule has 6 heteroatoms. The Morgan fingerprint density at radius 3 is 2.30 bits per heavy atom. The molecule has 1 amide bonds. The molecule has 4 N–H and O–H groups in total. The molecule has 0 aromatic heterocycles. The lowest BCUT2D eigenvalue weighted by Crippen LogP contribution is -2.61. The topological polar surface area (TPSA) is 109 Å². The van der Waals surface area contributed by atoms with Crippen LogP contribution in [0, 0.1) is 5.92 Å². The highest BCUT2D eigenvalue weighted by Crippen LogP contribution is 2.21. The van der Waals surface area contributed by atoms with Crippen molar-refractivity contribution in [2.45, 2.75) is 45.6 Å². The van der Waals surface area contributed by atoms with E-state index in [0.29, 0.717) is 19.4 Å². The number of nitrogens with one attached hydrogen (secondary N) is 1. The van der Waals surface area contributed by atoms with Crippen LogP contribution in [-0.2, 0) is 14.4 Å². The Bertz CT molecular complexity index is 391. The fourth-order valence-electron chi connectivity index (χ4n) is 1.94. The van der Waals surface area contributed by atoms with Crippen LogP contribution in [0.4, 0.5) is 0 Å². The summed E-state index contributed by atoms with van der Waals surface area (Å²) in [5.41, 5.74) is 3.51. The van der Waals surface area contributed by atoms with Crippen LogP contribution in [0.5, 0.6) is 0 Å². The van der Waals surface area contributed by atoms with E-state index in [1.807, 2.05) is 0 Å². The SMILES string of the molecule is CC=CC(=O)N[C@@](CCCCN)(C(=O)O)C(=O)C(C)C. The molecular formula is C14H24N2O4. The van der Waals surface area contributed by atoms with Gasteiger partial charge in [0.05, 0.1) is 0 Å². The van der Waals surface area contributed by atoms with Gasteiger partial charge in [-0.1, -0.05) is 19.9 Å². The fraction of sp³-hybridized carbons (Fsp3) is 0.643. The molecule has 0 unspecified atom stereocenters. The molecule has 0 rings (SSSR count). The molecule has 114 valence electrons. The number of rotatable bonds is 9. The maximum Gasteiger partial charge on any atom is 0.337 e. The lowest BCUT2D eigenvalue weighted by atomic mass is 9.82. The van der Waals surface area contributed by atoms with Gasteiger partial charge >= 0.3 is 5.97 Å². The highest BCUT2D eigenvalue weighted by atomic mass is 16.4. The molecule has 1 atom stereocenters. The highest BCUT2D eigenvalue weighted by Gasteiger charge is 2.47. The molecule has 0 aromatic rings. The average Bonchev–Trinajstić information content (AvgIpc) is 2.36. The van der Waals surface area contributed by atoms with Crippen LogP contribution in [0.2, 0.25) is 0 Å². The van der Waals surface area contributed by atoms with E-state index in [9.17, 15) is 19.5 Å². The number of hydrogen-bond donors (Lipinski definition) is 3. The van der Waals surface area contributed by atoms with Crippen molar-refractivity contribution in [2.75, 3.05) is 6.54 Å². The Balaban J connectivity index is 5.38. The van der Waals surface area contributed by atoms with Crippen LogP contribution >= 0.6 is 0 Å². The number of carboxylic acids is 1. The number of carbonyl (C=O) groups excluding carboxylic acids is 2. The normalized spacial score (nSPS) is 14.2. The second kappa shape index (κ2) is 8.47. The van der Waals surface area contributed by atoms with Gasteiger partial charge in [-0.3, -0.25) is 9.59 Å². The van der Waals surface area contributed by atoms with Crippen LogP contribution in [0.3, 0.4) is 0 Å². The summed E-state index contributed by atoms with van der Waals surface area (Å²) in [6.07, 6.45) is 3.78. The van der Waals surface area contributed by atoms with E-state index in [0.717, 1.165) is 0 Å². The van der Waals surface area contributed by atoms with E-state index in [1.165, 1.54) is 12.2 Å². The summed E-state index contributed by atoms with van der Waals surface area (Å²) in [4.78, 5) is 35.6. The monoisotopic (exact) mass is 284 g/mol. The largest absolute Gasteiger partial charge is 0.479 e. The van der Waals surface area contributed by atoms with Crippen LogP contribution in [-0.4, -0.2) is 34.8 Å². The summed E-state index contributed by atoms with van der Waals surface area (Å²) < 4.78 is 0. The van der Waals surface area contributed by atoms with Gasteiger partial charge in [0, 0.05) is 5.92 Å². The van der Waals surface area contributed by atoms with Gasteiger partial charge in [0.25, 0.3) is 0 Å². The molecule has 0 radical (unpaired) electrons. The quantitative estimate of drug-likeness (QED) is 0.330. The maximum absolute atomic E-state index is 12.3. The minimum absolute atomic E-state index is 0.0415. The first-order chi connectivity index (χ1) is 9.31. The van der Waals surface area contributed by atoms with E-state index in [1.54, 1.807) is 20.8 Å². The Morgan fingerprint density at radius 2 is 1.90 bits per heavy atom. The fourth-order valence-corrected chi connectivity index (χ4v) is 1.94. The second-order valence-corrected chi connectivity index (χ2v) is 4.96. The number of ketones is 1. The van der Waals surface area contributed by atoms with Crippen molar-refractivity contribution >= 4 is 17.7 Å². The predicted molar refractivity (Wildman–Crippen MR) is 76.1 cm³/mol. The van der Waals surface area contributed by atoms with Crippen LogP contribution in [0.15, 0.2) is 12.2 Å². The molecule has 20 heavy (non-hydrogen) atoms. The zero-order chi connectivity index (χ0) is 15.8. The number of Topliss-reactive ketones (excluding diaryl/α,β-unsaturated/α-hetero) is 1. The molecule has 0 aliphatic carbocycles. The first kappa shape index (κ1) is 18.3. The summed E-state index contributed by atoms with van der Waals surface area (Å²) in [7, 11) is 0. The zero-order valence-electron chi connectivity index (χ0n) is 12.3. The van der Waals surface area contributed by atoms with E-state index < -0.39 is 29.1 Å². The van der Waals surface area contributed by atoms with E-state index in [-0.39, 0.29) is 6.42 Å². The Morgan fingerprint density at radius 1 is 1.30 bits per heavy atom. The molecule has 0 spiro atoms. The molecule has 0 saturated carbocycles. The molecule has 6 nitrogen and oxygen atoms in total.